The number of nitrogens with zero attached hydrogens (tertiary/aromatic N) is 1. The van der Waals surface area contributed by atoms with Crippen LogP contribution in [-0.4, -0.2) is 118 Å². The van der Waals surface area contributed by atoms with Crippen LogP contribution in [0, 0.1) is 11.8 Å². The third-order valence-corrected chi connectivity index (χ3v) is 11.3. The van der Waals surface area contributed by atoms with Crippen molar-refractivity contribution in [1.82, 2.24) is 47.1 Å². The number of aromatic hydroxyl groups is 1. The van der Waals surface area contributed by atoms with Gasteiger partial charge in [0.15, 0.2) is 0 Å². The molecule has 18 heteroatoms. The molecular weight excluding hydrogens is 787 g/mol. The van der Waals surface area contributed by atoms with Gasteiger partial charge in [0.05, 0.1) is 13.1 Å². The van der Waals surface area contributed by atoms with E-state index in [1.807, 2.05) is 31.2 Å². The van der Waals surface area contributed by atoms with E-state index in [2.05, 4.69) is 42.2 Å². The second-order valence-corrected chi connectivity index (χ2v) is 16.1. The van der Waals surface area contributed by atoms with Crippen molar-refractivity contribution in [3.63, 3.8) is 0 Å². The maximum atomic E-state index is 14.3. The van der Waals surface area contributed by atoms with Crippen LogP contribution in [0.15, 0.2) is 54.7 Å². The molecule has 2 saturated heterocycles. The van der Waals surface area contributed by atoms with Gasteiger partial charge in [0, 0.05) is 36.5 Å². The number of amides is 8. The molecule has 8 amide bonds. The van der Waals surface area contributed by atoms with E-state index in [9.17, 15) is 43.5 Å². The first-order valence-electron chi connectivity index (χ1n) is 20.7. The Labute approximate surface area is 354 Å². The Morgan fingerprint density at radius 2 is 1.38 bits per heavy atom. The molecular formula is C43H57N9O9. The molecule has 3 aromatic rings. The molecule has 0 saturated carbocycles. The number of benzene rings is 2. The molecule has 9 N–H and O–H groups in total. The van der Waals surface area contributed by atoms with Crippen molar-refractivity contribution in [2.75, 3.05) is 19.6 Å². The van der Waals surface area contributed by atoms with Gasteiger partial charge in [-0.05, 0) is 60.9 Å². The van der Waals surface area contributed by atoms with Gasteiger partial charge in [-0.15, -0.1) is 0 Å². The van der Waals surface area contributed by atoms with Gasteiger partial charge in [0.2, 0.25) is 47.3 Å². The maximum Gasteiger partial charge on any atom is 0.243 e. The van der Waals surface area contributed by atoms with E-state index in [0.29, 0.717) is 18.4 Å². The fourth-order valence-corrected chi connectivity index (χ4v) is 7.46. The lowest BCUT2D eigenvalue weighted by Gasteiger charge is -2.30. The van der Waals surface area contributed by atoms with Gasteiger partial charge in [-0.3, -0.25) is 38.4 Å². The Hall–Kier alpha value is -6.46. The van der Waals surface area contributed by atoms with Gasteiger partial charge < -0.3 is 52.2 Å². The van der Waals surface area contributed by atoms with Crippen LogP contribution < -0.4 is 37.2 Å². The molecule has 2 aliphatic heterocycles. The molecule has 2 aromatic carbocycles. The van der Waals surface area contributed by atoms with Gasteiger partial charge in [0.25, 0.3) is 0 Å². The van der Waals surface area contributed by atoms with E-state index in [4.69, 9.17) is 0 Å². The second kappa shape index (κ2) is 20.7. The van der Waals surface area contributed by atoms with Gasteiger partial charge in [-0.2, -0.15) is 0 Å². The zero-order chi connectivity index (χ0) is 44.4. The number of rotatable bonds is 7. The highest BCUT2D eigenvalue weighted by Crippen LogP contribution is 2.22. The first-order valence-corrected chi connectivity index (χ1v) is 20.7. The number of hydrogen-bond donors (Lipinski definition) is 9. The molecule has 7 atom stereocenters. The van der Waals surface area contributed by atoms with Crippen molar-refractivity contribution in [3.8, 4) is 5.75 Å². The summed E-state index contributed by atoms with van der Waals surface area (Å²) >= 11 is 0. The summed E-state index contributed by atoms with van der Waals surface area (Å²) in [4.78, 5) is 114. The smallest absolute Gasteiger partial charge is 0.243 e. The number of phenols is 1. The van der Waals surface area contributed by atoms with Crippen LogP contribution >= 0.6 is 0 Å². The summed E-state index contributed by atoms with van der Waals surface area (Å²) in [6, 6.07) is 6.61. The molecule has 0 unspecified atom stereocenters. The third kappa shape index (κ3) is 11.9. The topological polar surface area (TPSA) is 260 Å². The van der Waals surface area contributed by atoms with Crippen molar-refractivity contribution in [2.24, 2.45) is 11.8 Å². The Bertz CT molecular complexity index is 2100. The summed E-state index contributed by atoms with van der Waals surface area (Å²) in [5.74, 6) is -6.19. The van der Waals surface area contributed by atoms with Gasteiger partial charge in [-0.1, -0.05) is 64.4 Å². The average Bonchev–Trinajstić information content (AvgIpc) is 3.90. The Balaban J connectivity index is 1.46. The minimum atomic E-state index is -1.22. The average molecular weight is 844 g/mol. The molecule has 3 heterocycles. The second-order valence-electron chi connectivity index (χ2n) is 16.1. The highest BCUT2D eigenvalue weighted by Gasteiger charge is 2.38. The standard InChI is InChI=1S/C43H57N9O9/c1-6-24(4)37-43(61)47-25(5)38(56)50-36(23(2)3)42(60)45-21-34(54)48-31(18-26-13-15-28(53)16-14-26)39(57)46-22-35(55)52-17-9-12-33(52)41(59)49-32(40(58)51-37)19-27-20-44-30-11-8-7-10-29(27)30/h7-8,10-11,13-16,20,23-25,31-33,36-37,44,53H,6,9,12,17-19,21-22H2,1-5H3,(H,45,60)(H,46,57)(H,47,61)(H,48,54)(H,49,59)(H,50,56)(H,51,58)/t24-,25-,31-,32-,33-,36-,37-/m0/s1. The van der Waals surface area contributed by atoms with Crippen molar-refractivity contribution in [1.29, 1.82) is 0 Å². The number of carbonyl (C=O) groups excluding carboxylic acids is 8. The van der Waals surface area contributed by atoms with Crippen LogP contribution in [0.25, 0.3) is 10.9 Å². The lowest BCUT2D eigenvalue weighted by atomic mass is 9.96. The molecule has 0 bridgehead atoms. The summed E-state index contributed by atoms with van der Waals surface area (Å²) in [5.41, 5.74) is 2.11. The van der Waals surface area contributed by atoms with Crippen LogP contribution in [0.5, 0.6) is 5.75 Å². The van der Waals surface area contributed by atoms with Crippen LogP contribution in [-0.2, 0) is 51.2 Å². The molecule has 0 spiro atoms. The largest absolute Gasteiger partial charge is 0.508 e. The Morgan fingerprint density at radius 1 is 0.705 bits per heavy atom. The quantitative estimate of drug-likeness (QED) is 0.155. The summed E-state index contributed by atoms with van der Waals surface area (Å²) in [6.07, 6.45) is 2.95. The number of H-pyrrole nitrogens is 1. The minimum Gasteiger partial charge on any atom is -0.508 e. The Kier molecular flexibility index (Phi) is 15.5. The van der Waals surface area contributed by atoms with Crippen molar-refractivity contribution in [3.05, 3.63) is 65.9 Å². The minimum absolute atomic E-state index is 0.00719. The monoisotopic (exact) mass is 843 g/mol. The summed E-state index contributed by atoms with van der Waals surface area (Å²) in [7, 11) is 0. The van der Waals surface area contributed by atoms with E-state index in [1.165, 1.54) is 24.0 Å². The number of para-hydroxylation sites is 1. The number of nitrogens with one attached hydrogen (secondary N) is 8. The number of phenolic OH excluding ortho intramolecular Hbond substituents is 1. The number of fused-ring (bicyclic) bond motifs is 2. The highest BCUT2D eigenvalue weighted by atomic mass is 16.3. The maximum absolute atomic E-state index is 14.3. The fourth-order valence-electron chi connectivity index (χ4n) is 7.46. The molecule has 0 radical (unpaired) electrons. The predicted octanol–water partition coefficient (Wildman–Crippen LogP) is 0.0417. The lowest BCUT2D eigenvalue weighted by molar-refractivity contribution is -0.140. The summed E-state index contributed by atoms with van der Waals surface area (Å²) < 4.78 is 0. The van der Waals surface area contributed by atoms with Crippen molar-refractivity contribution in [2.45, 2.75) is 103 Å². The zero-order valence-corrected chi connectivity index (χ0v) is 35.1. The molecule has 1 aromatic heterocycles. The van der Waals surface area contributed by atoms with E-state index in [-0.39, 0.29) is 31.6 Å². The Morgan fingerprint density at radius 3 is 2.08 bits per heavy atom. The molecule has 5 rings (SSSR count). The summed E-state index contributed by atoms with van der Waals surface area (Å²) in [6.45, 7) is 7.54. The van der Waals surface area contributed by atoms with E-state index in [1.54, 1.807) is 39.1 Å². The SMILES string of the molecule is CC[C@H](C)[C@@H]1NC(=O)[C@H](Cc2c[nH]c3ccccc23)NC(=O)[C@@H]2CCCN2C(=O)CNC(=O)[C@H](Cc2ccc(O)cc2)NC(=O)CNC(=O)[C@H](C(C)C)NC(=O)[C@H](C)NC1=O. The van der Waals surface area contributed by atoms with Gasteiger partial charge in [0.1, 0.15) is 42.0 Å². The number of carbonyl (C=O) groups is 8. The fraction of sp³-hybridized carbons (Fsp3) is 0.488. The van der Waals surface area contributed by atoms with E-state index < -0.39 is 108 Å². The molecule has 18 nitrogen and oxygen atoms in total. The van der Waals surface area contributed by atoms with Gasteiger partial charge >= 0.3 is 0 Å². The van der Waals surface area contributed by atoms with Gasteiger partial charge in [-0.25, -0.2) is 0 Å². The van der Waals surface area contributed by atoms with Crippen LogP contribution in [0.3, 0.4) is 0 Å². The first kappa shape index (κ1) is 45.6. The van der Waals surface area contributed by atoms with Crippen LogP contribution in [0.2, 0.25) is 0 Å². The summed E-state index contributed by atoms with van der Waals surface area (Å²) in [5, 5.41) is 29.2. The molecule has 2 fully saturated rings. The molecule has 2 aliphatic rings. The lowest BCUT2D eigenvalue weighted by Crippen LogP contribution is -2.61. The third-order valence-electron chi connectivity index (χ3n) is 11.3. The van der Waals surface area contributed by atoms with E-state index in [0.717, 1.165) is 16.5 Å². The highest BCUT2D eigenvalue weighted by molar-refractivity contribution is 5.98. The normalized spacial score (nSPS) is 25.0. The van der Waals surface area contributed by atoms with E-state index >= 15 is 0 Å². The number of aromatic nitrogens is 1. The number of hydrogen-bond acceptors (Lipinski definition) is 9. The number of aromatic amines is 1. The molecule has 61 heavy (non-hydrogen) atoms. The predicted molar refractivity (Wildman–Crippen MR) is 224 cm³/mol. The van der Waals surface area contributed by atoms with Crippen molar-refractivity contribution >= 4 is 58.2 Å². The molecule has 328 valence electrons. The van der Waals surface area contributed by atoms with Crippen molar-refractivity contribution < 1.29 is 43.5 Å². The zero-order valence-electron chi connectivity index (χ0n) is 35.1. The van der Waals surface area contributed by atoms with Crippen LogP contribution in [0.1, 0.15) is 65.0 Å². The van der Waals surface area contributed by atoms with Crippen LogP contribution in [0.4, 0.5) is 0 Å². The molecule has 0 aliphatic carbocycles. The first-order chi connectivity index (χ1) is 29.1.